The molecule has 0 aromatic heterocycles. The maximum absolute atomic E-state index is 11.8. The number of hydrogen-bond acceptors (Lipinski definition) is 2. The maximum Gasteiger partial charge on any atom is 0.224 e. The van der Waals surface area contributed by atoms with Gasteiger partial charge < -0.3 is 11.1 Å². The standard InChI is InChI=1S/C15H15BrN2O/c16-12-2-1-3-14(10-12)18-15(19)9-6-11-4-7-13(17)8-5-11/h1-5,7-8,10H,6,9,17H2,(H,18,19). The molecule has 0 atom stereocenters. The SMILES string of the molecule is Nc1ccc(CCC(=O)Nc2cccc(Br)c2)cc1. The largest absolute Gasteiger partial charge is 0.399 e. The molecule has 0 fully saturated rings. The molecule has 0 saturated carbocycles. The summed E-state index contributed by atoms with van der Waals surface area (Å²) in [5.41, 5.74) is 8.27. The van der Waals surface area contributed by atoms with Crippen LogP contribution in [0.1, 0.15) is 12.0 Å². The smallest absolute Gasteiger partial charge is 0.224 e. The Kier molecular flexibility index (Phi) is 4.58. The van der Waals surface area contributed by atoms with Crippen molar-refractivity contribution in [2.24, 2.45) is 0 Å². The van der Waals surface area contributed by atoms with Gasteiger partial charge in [-0.3, -0.25) is 4.79 Å². The van der Waals surface area contributed by atoms with Crippen LogP contribution in [0.2, 0.25) is 0 Å². The Hall–Kier alpha value is -1.81. The van der Waals surface area contributed by atoms with Gasteiger partial charge in [-0.05, 0) is 42.3 Å². The summed E-state index contributed by atoms with van der Waals surface area (Å²) in [5, 5.41) is 2.87. The van der Waals surface area contributed by atoms with Crippen molar-refractivity contribution in [3.05, 3.63) is 58.6 Å². The van der Waals surface area contributed by atoms with Crippen molar-refractivity contribution in [1.29, 1.82) is 0 Å². The molecular weight excluding hydrogens is 304 g/mol. The summed E-state index contributed by atoms with van der Waals surface area (Å²) in [6.45, 7) is 0. The van der Waals surface area contributed by atoms with Crippen molar-refractivity contribution in [2.45, 2.75) is 12.8 Å². The van der Waals surface area contributed by atoms with Crippen LogP contribution in [0.15, 0.2) is 53.0 Å². The Bertz CT molecular complexity index is 567. The Morgan fingerprint density at radius 2 is 1.89 bits per heavy atom. The maximum atomic E-state index is 11.8. The lowest BCUT2D eigenvalue weighted by Gasteiger charge is -2.06. The zero-order chi connectivity index (χ0) is 13.7. The second kappa shape index (κ2) is 6.38. The van der Waals surface area contributed by atoms with E-state index in [1.807, 2.05) is 48.5 Å². The molecule has 3 N–H and O–H groups in total. The molecule has 4 heteroatoms. The first-order valence-electron chi connectivity index (χ1n) is 6.03. The Balaban J connectivity index is 1.86. The monoisotopic (exact) mass is 318 g/mol. The van der Waals surface area contributed by atoms with Crippen molar-refractivity contribution < 1.29 is 4.79 Å². The summed E-state index contributed by atoms with van der Waals surface area (Å²) in [6, 6.07) is 15.1. The third kappa shape index (κ3) is 4.41. The number of aryl methyl sites for hydroxylation is 1. The lowest BCUT2D eigenvalue weighted by Crippen LogP contribution is -2.12. The van der Waals surface area contributed by atoms with Crippen LogP contribution in [0.25, 0.3) is 0 Å². The van der Waals surface area contributed by atoms with E-state index in [4.69, 9.17) is 5.73 Å². The van der Waals surface area contributed by atoms with Crippen LogP contribution in [-0.2, 0) is 11.2 Å². The van der Waals surface area contributed by atoms with Gasteiger partial charge in [0.25, 0.3) is 0 Å². The third-order valence-corrected chi connectivity index (χ3v) is 3.22. The number of benzene rings is 2. The van der Waals surface area contributed by atoms with Gasteiger partial charge in [0.1, 0.15) is 0 Å². The van der Waals surface area contributed by atoms with E-state index in [9.17, 15) is 4.79 Å². The highest BCUT2D eigenvalue weighted by atomic mass is 79.9. The van der Waals surface area contributed by atoms with E-state index in [0.29, 0.717) is 12.8 Å². The zero-order valence-electron chi connectivity index (χ0n) is 10.4. The van der Waals surface area contributed by atoms with Gasteiger partial charge in [0.15, 0.2) is 0 Å². The van der Waals surface area contributed by atoms with Crippen molar-refractivity contribution >= 4 is 33.2 Å². The predicted octanol–water partition coefficient (Wildman–Crippen LogP) is 3.60. The fourth-order valence-corrected chi connectivity index (χ4v) is 2.13. The second-order valence-corrected chi connectivity index (χ2v) is 5.22. The molecule has 0 bridgehead atoms. The quantitative estimate of drug-likeness (QED) is 0.846. The summed E-state index contributed by atoms with van der Waals surface area (Å²) in [4.78, 5) is 11.8. The number of nitrogens with one attached hydrogen (secondary N) is 1. The third-order valence-electron chi connectivity index (χ3n) is 2.73. The molecule has 1 amide bonds. The Morgan fingerprint density at radius 3 is 2.58 bits per heavy atom. The molecule has 0 spiro atoms. The van der Waals surface area contributed by atoms with Gasteiger partial charge in [0.05, 0.1) is 0 Å². The normalized spacial score (nSPS) is 10.2. The fourth-order valence-electron chi connectivity index (χ4n) is 1.73. The van der Waals surface area contributed by atoms with Crippen molar-refractivity contribution in [1.82, 2.24) is 0 Å². The van der Waals surface area contributed by atoms with Gasteiger partial charge >= 0.3 is 0 Å². The summed E-state index contributed by atoms with van der Waals surface area (Å²) < 4.78 is 0.948. The number of nitrogen functional groups attached to an aromatic ring is 1. The molecule has 0 heterocycles. The molecule has 0 saturated heterocycles. The average Bonchev–Trinajstić information content (AvgIpc) is 2.38. The van der Waals surface area contributed by atoms with Gasteiger partial charge in [-0.25, -0.2) is 0 Å². The summed E-state index contributed by atoms with van der Waals surface area (Å²) in [6.07, 6.45) is 1.16. The van der Waals surface area contributed by atoms with Crippen LogP contribution in [0, 0.1) is 0 Å². The lowest BCUT2D eigenvalue weighted by molar-refractivity contribution is -0.116. The number of halogens is 1. The minimum Gasteiger partial charge on any atom is -0.399 e. The number of rotatable bonds is 4. The molecule has 0 radical (unpaired) electrons. The van der Waals surface area contributed by atoms with Gasteiger partial charge in [-0.15, -0.1) is 0 Å². The van der Waals surface area contributed by atoms with E-state index in [-0.39, 0.29) is 5.91 Å². The summed E-state index contributed by atoms with van der Waals surface area (Å²) in [7, 11) is 0. The minimum atomic E-state index is 0.00919. The highest BCUT2D eigenvalue weighted by Crippen LogP contribution is 2.16. The van der Waals surface area contributed by atoms with Crippen LogP contribution < -0.4 is 11.1 Å². The molecule has 0 aliphatic heterocycles. The van der Waals surface area contributed by atoms with Crippen LogP contribution >= 0.6 is 15.9 Å². The molecule has 0 unspecified atom stereocenters. The summed E-state index contributed by atoms with van der Waals surface area (Å²) in [5.74, 6) is 0.00919. The number of anilines is 2. The molecule has 0 aliphatic rings. The number of amides is 1. The van der Waals surface area contributed by atoms with Crippen LogP contribution in [0.3, 0.4) is 0 Å². The van der Waals surface area contributed by atoms with E-state index in [2.05, 4.69) is 21.2 Å². The van der Waals surface area contributed by atoms with Crippen LogP contribution in [0.4, 0.5) is 11.4 Å². The predicted molar refractivity (Wildman–Crippen MR) is 81.9 cm³/mol. The van der Waals surface area contributed by atoms with Gasteiger partial charge in [-0.1, -0.05) is 34.1 Å². The minimum absolute atomic E-state index is 0.00919. The number of nitrogens with two attached hydrogens (primary N) is 1. The topological polar surface area (TPSA) is 55.1 Å². The van der Waals surface area contributed by atoms with Crippen molar-refractivity contribution in [3.63, 3.8) is 0 Å². The number of carbonyl (C=O) groups excluding carboxylic acids is 1. The molecule has 2 aromatic carbocycles. The molecule has 3 nitrogen and oxygen atoms in total. The van der Waals surface area contributed by atoms with E-state index >= 15 is 0 Å². The van der Waals surface area contributed by atoms with Crippen LogP contribution in [-0.4, -0.2) is 5.91 Å². The summed E-state index contributed by atoms with van der Waals surface area (Å²) >= 11 is 3.37. The molecule has 98 valence electrons. The first kappa shape index (κ1) is 13.6. The number of carbonyl (C=O) groups is 1. The van der Waals surface area contributed by atoms with Gasteiger partial charge in [0, 0.05) is 22.3 Å². The lowest BCUT2D eigenvalue weighted by atomic mass is 10.1. The highest BCUT2D eigenvalue weighted by Gasteiger charge is 2.03. The molecular formula is C15H15BrN2O. The Labute approximate surface area is 121 Å². The Morgan fingerprint density at radius 1 is 1.16 bits per heavy atom. The van der Waals surface area contributed by atoms with E-state index < -0.39 is 0 Å². The van der Waals surface area contributed by atoms with E-state index in [1.54, 1.807) is 0 Å². The molecule has 0 aliphatic carbocycles. The molecule has 19 heavy (non-hydrogen) atoms. The molecule has 2 rings (SSSR count). The van der Waals surface area contributed by atoms with E-state index in [1.165, 1.54) is 0 Å². The average molecular weight is 319 g/mol. The molecule has 2 aromatic rings. The number of hydrogen-bond donors (Lipinski definition) is 2. The fraction of sp³-hybridized carbons (Fsp3) is 0.133. The second-order valence-electron chi connectivity index (χ2n) is 4.30. The van der Waals surface area contributed by atoms with Crippen LogP contribution in [0.5, 0.6) is 0 Å². The first-order chi connectivity index (χ1) is 9.13. The van der Waals surface area contributed by atoms with Gasteiger partial charge in [-0.2, -0.15) is 0 Å². The van der Waals surface area contributed by atoms with Crippen molar-refractivity contribution in [3.8, 4) is 0 Å². The zero-order valence-corrected chi connectivity index (χ0v) is 12.0. The van der Waals surface area contributed by atoms with E-state index in [0.717, 1.165) is 21.4 Å². The highest BCUT2D eigenvalue weighted by molar-refractivity contribution is 9.10. The first-order valence-corrected chi connectivity index (χ1v) is 6.82. The van der Waals surface area contributed by atoms with Gasteiger partial charge in [0.2, 0.25) is 5.91 Å². The van der Waals surface area contributed by atoms with Crippen molar-refractivity contribution in [2.75, 3.05) is 11.1 Å².